The molecule has 0 unspecified atom stereocenters. The second kappa shape index (κ2) is 7.84. The van der Waals surface area contributed by atoms with Gasteiger partial charge in [0, 0.05) is 12.3 Å². The second-order valence-electron chi connectivity index (χ2n) is 4.38. The highest BCUT2D eigenvalue weighted by Crippen LogP contribution is 2.34. The molecule has 1 aromatic carbocycles. The Morgan fingerprint density at radius 3 is 2.92 bits per heavy atom. The Labute approximate surface area is 145 Å². The Morgan fingerprint density at radius 2 is 2.36 bits per heavy atom. The third-order valence-corrected chi connectivity index (χ3v) is 3.14. The van der Waals surface area contributed by atoms with Crippen molar-refractivity contribution in [1.29, 1.82) is 5.26 Å². The third kappa shape index (κ3) is 4.06. The molecule has 0 radical (unpaired) electrons. The Hall–Kier alpha value is -3.52. The van der Waals surface area contributed by atoms with Crippen LogP contribution in [-0.4, -0.2) is 38.1 Å². The average Bonchev–Trinajstić information content (AvgIpc) is 3.10. The van der Waals surface area contributed by atoms with Gasteiger partial charge in [0.25, 0.3) is 5.69 Å². The molecular formula is C13H10ClN7O4. The van der Waals surface area contributed by atoms with Gasteiger partial charge in [0.15, 0.2) is 0 Å². The lowest BCUT2D eigenvalue weighted by Crippen LogP contribution is -2.07. The van der Waals surface area contributed by atoms with Gasteiger partial charge in [-0.25, -0.2) is 4.79 Å². The molecule has 0 amide bonds. The fraction of sp³-hybridized carbons (Fsp3) is 0.154. The number of aromatic amines is 1. The van der Waals surface area contributed by atoms with E-state index in [-0.39, 0.29) is 34.3 Å². The molecule has 0 spiro atoms. The maximum atomic E-state index is 11.7. The molecule has 1 aromatic heterocycles. The fourth-order valence-corrected chi connectivity index (χ4v) is 2.05. The number of rotatable bonds is 6. The van der Waals surface area contributed by atoms with Crippen LogP contribution in [0, 0.1) is 21.4 Å². The first-order valence-electron chi connectivity index (χ1n) is 6.73. The van der Waals surface area contributed by atoms with E-state index in [1.165, 1.54) is 6.07 Å². The van der Waals surface area contributed by atoms with Gasteiger partial charge in [-0.2, -0.15) is 10.5 Å². The van der Waals surface area contributed by atoms with Gasteiger partial charge in [-0.3, -0.25) is 10.1 Å². The van der Waals surface area contributed by atoms with Crippen molar-refractivity contribution in [2.45, 2.75) is 6.92 Å². The van der Waals surface area contributed by atoms with E-state index in [2.05, 4.69) is 25.9 Å². The number of benzene rings is 1. The first-order valence-corrected chi connectivity index (χ1v) is 7.11. The predicted molar refractivity (Wildman–Crippen MR) is 85.5 cm³/mol. The van der Waals surface area contributed by atoms with Crippen LogP contribution in [0.25, 0.3) is 5.57 Å². The van der Waals surface area contributed by atoms with Crippen LogP contribution in [0.2, 0.25) is 5.02 Å². The Balaban J connectivity index is 2.42. The highest BCUT2D eigenvalue weighted by Gasteiger charge is 2.22. The van der Waals surface area contributed by atoms with Crippen molar-refractivity contribution in [1.82, 2.24) is 20.6 Å². The Bertz CT molecular complexity index is 873. The van der Waals surface area contributed by atoms with Crippen LogP contribution in [0.3, 0.4) is 0 Å². The molecule has 128 valence electrons. The van der Waals surface area contributed by atoms with Crippen molar-refractivity contribution in [3.63, 3.8) is 0 Å². The van der Waals surface area contributed by atoms with Gasteiger partial charge >= 0.3 is 5.97 Å². The number of nitriles is 1. The molecule has 2 aromatic rings. The number of aromatic nitrogens is 4. The van der Waals surface area contributed by atoms with Crippen LogP contribution in [0.15, 0.2) is 18.3 Å². The molecular weight excluding hydrogens is 354 g/mol. The minimum atomic E-state index is -0.737. The summed E-state index contributed by atoms with van der Waals surface area (Å²) >= 11 is 6.04. The van der Waals surface area contributed by atoms with Crippen molar-refractivity contribution >= 4 is 34.5 Å². The number of hydrogen-bond donors (Lipinski definition) is 2. The lowest BCUT2D eigenvalue weighted by Gasteiger charge is -2.08. The van der Waals surface area contributed by atoms with Crippen LogP contribution >= 0.6 is 11.6 Å². The van der Waals surface area contributed by atoms with Crippen LogP contribution in [-0.2, 0) is 4.74 Å². The Morgan fingerprint density at radius 1 is 1.60 bits per heavy atom. The van der Waals surface area contributed by atoms with Gasteiger partial charge in [0.2, 0.25) is 5.82 Å². The number of nitrogens with zero attached hydrogens (tertiary/aromatic N) is 5. The number of nitro benzene ring substituents is 1. The highest BCUT2D eigenvalue weighted by molar-refractivity contribution is 6.34. The van der Waals surface area contributed by atoms with Crippen LogP contribution in [0.4, 0.5) is 11.4 Å². The first kappa shape index (κ1) is 17.8. The maximum absolute atomic E-state index is 11.7. The molecule has 1 heterocycles. The normalized spacial score (nSPS) is 10.8. The van der Waals surface area contributed by atoms with E-state index in [1.807, 2.05) is 6.07 Å². The van der Waals surface area contributed by atoms with Gasteiger partial charge in [0.1, 0.15) is 17.3 Å². The van der Waals surface area contributed by atoms with Gasteiger partial charge in [-0.15, -0.1) is 10.2 Å². The summed E-state index contributed by atoms with van der Waals surface area (Å²) in [6.07, 6.45) is 1.14. The summed E-state index contributed by atoms with van der Waals surface area (Å²) in [5.74, 6) is -0.740. The predicted octanol–water partition coefficient (Wildman–Crippen LogP) is 1.91. The summed E-state index contributed by atoms with van der Waals surface area (Å²) in [7, 11) is 0. The number of hydrogen-bond acceptors (Lipinski definition) is 9. The van der Waals surface area contributed by atoms with Gasteiger partial charge in [-0.05, 0) is 18.2 Å². The zero-order valence-electron chi connectivity index (χ0n) is 12.7. The number of ether oxygens (including phenoxy) is 1. The van der Waals surface area contributed by atoms with E-state index >= 15 is 0 Å². The number of anilines is 1. The lowest BCUT2D eigenvalue weighted by molar-refractivity contribution is -0.383. The van der Waals surface area contributed by atoms with Gasteiger partial charge in [-0.1, -0.05) is 11.6 Å². The average molecular weight is 364 g/mol. The smallest absolute Gasteiger partial charge is 0.338 e. The van der Waals surface area contributed by atoms with E-state index in [4.69, 9.17) is 21.6 Å². The summed E-state index contributed by atoms with van der Waals surface area (Å²) in [4.78, 5) is 22.3. The number of tetrazole rings is 1. The summed E-state index contributed by atoms with van der Waals surface area (Å²) < 4.78 is 4.80. The summed E-state index contributed by atoms with van der Waals surface area (Å²) in [6.45, 7) is 1.72. The van der Waals surface area contributed by atoms with E-state index in [9.17, 15) is 14.9 Å². The lowest BCUT2D eigenvalue weighted by atomic mass is 10.1. The minimum Gasteiger partial charge on any atom is -0.462 e. The number of carbonyl (C=O) groups excluding carboxylic acids is 1. The van der Waals surface area contributed by atoms with Crippen molar-refractivity contribution in [2.75, 3.05) is 11.9 Å². The molecule has 0 saturated heterocycles. The molecule has 2 N–H and O–H groups in total. The zero-order valence-corrected chi connectivity index (χ0v) is 13.4. The van der Waals surface area contributed by atoms with E-state index in [0.29, 0.717) is 0 Å². The SMILES string of the molecule is CCOC(=O)c1cc(Cl)c(NC=C(C#N)c2nn[nH]n2)c([N+](=O)[O-])c1. The Kier molecular flexibility index (Phi) is 5.59. The quantitative estimate of drug-likeness (QED) is 0.338. The number of carbonyl (C=O) groups is 1. The molecule has 0 saturated carbocycles. The first-order chi connectivity index (χ1) is 12.0. The number of nitrogens with one attached hydrogen (secondary N) is 2. The van der Waals surface area contributed by atoms with Crippen LogP contribution in [0.1, 0.15) is 23.1 Å². The van der Waals surface area contributed by atoms with E-state index in [0.717, 1.165) is 12.3 Å². The summed E-state index contributed by atoms with van der Waals surface area (Å²) in [5.41, 5.74) is -0.659. The second-order valence-corrected chi connectivity index (χ2v) is 4.79. The summed E-state index contributed by atoms with van der Waals surface area (Å²) in [6, 6.07) is 4.07. The van der Waals surface area contributed by atoms with Crippen molar-refractivity contribution in [2.24, 2.45) is 0 Å². The number of nitro groups is 1. The number of esters is 1. The van der Waals surface area contributed by atoms with Crippen molar-refractivity contribution < 1.29 is 14.5 Å². The van der Waals surface area contributed by atoms with Gasteiger partial charge in [0.05, 0.1) is 22.1 Å². The van der Waals surface area contributed by atoms with E-state index in [1.54, 1.807) is 6.92 Å². The molecule has 25 heavy (non-hydrogen) atoms. The maximum Gasteiger partial charge on any atom is 0.338 e. The molecule has 0 bridgehead atoms. The molecule has 0 fully saturated rings. The largest absolute Gasteiger partial charge is 0.462 e. The molecule has 0 atom stereocenters. The molecule has 11 nitrogen and oxygen atoms in total. The molecule has 0 aliphatic carbocycles. The molecule has 2 rings (SSSR count). The number of halogens is 1. The molecule has 0 aliphatic heterocycles. The van der Waals surface area contributed by atoms with Crippen LogP contribution in [0.5, 0.6) is 0 Å². The minimum absolute atomic E-state index is 0.00285. The standard InChI is InChI=1S/C13H10ClN7O4/c1-2-25-13(22)7-3-9(14)11(10(4-7)21(23)24)16-6-8(5-15)12-17-19-20-18-12/h3-4,6,16H,2H2,1H3,(H,17,18,19,20). The van der Waals surface area contributed by atoms with Crippen molar-refractivity contribution in [3.05, 3.63) is 44.9 Å². The van der Waals surface area contributed by atoms with Crippen molar-refractivity contribution in [3.8, 4) is 6.07 Å². The zero-order chi connectivity index (χ0) is 18.4. The third-order valence-electron chi connectivity index (χ3n) is 2.84. The number of H-pyrrole nitrogens is 1. The number of allylic oxidation sites excluding steroid dienone is 1. The van der Waals surface area contributed by atoms with E-state index < -0.39 is 16.6 Å². The molecule has 12 heteroatoms. The topological polar surface area (TPSA) is 160 Å². The van der Waals surface area contributed by atoms with Gasteiger partial charge < -0.3 is 10.1 Å². The summed E-state index contributed by atoms with van der Waals surface area (Å²) in [5, 5.41) is 35.6. The van der Waals surface area contributed by atoms with Crippen LogP contribution < -0.4 is 5.32 Å². The molecule has 0 aliphatic rings. The fourth-order valence-electron chi connectivity index (χ4n) is 1.78. The highest BCUT2D eigenvalue weighted by atomic mass is 35.5. The monoisotopic (exact) mass is 363 g/mol.